The van der Waals surface area contributed by atoms with Crippen LogP contribution in [0.25, 0.3) is 0 Å². The number of carbonyl (C=O) groups is 2. The maximum Gasteiger partial charge on any atom is 0.220 e. The van der Waals surface area contributed by atoms with Crippen molar-refractivity contribution in [1.29, 1.82) is 0 Å². The second-order valence-electron chi connectivity index (χ2n) is 6.66. The number of carbonyl (C=O) groups excluding carboxylic acids is 2. The number of benzene rings is 1. The predicted octanol–water partition coefficient (Wildman–Crippen LogP) is 1.93. The first-order valence-corrected chi connectivity index (χ1v) is 8.85. The Morgan fingerprint density at radius 3 is 2.42 bits per heavy atom. The van der Waals surface area contributed by atoms with Gasteiger partial charge >= 0.3 is 0 Å². The first-order valence-electron chi connectivity index (χ1n) is 8.85. The van der Waals surface area contributed by atoms with Gasteiger partial charge in [-0.3, -0.25) is 9.59 Å². The fraction of sp³-hybridized carbons (Fsp3) is 0.579. The monoisotopic (exact) mass is 332 g/mol. The normalized spacial score (nSPS) is 17.2. The number of amides is 2. The summed E-state index contributed by atoms with van der Waals surface area (Å²) >= 11 is 0. The molecule has 5 heteroatoms. The van der Waals surface area contributed by atoms with Crippen molar-refractivity contribution >= 4 is 11.8 Å². The minimum atomic E-state index is -0.649. The van der Waals surface area contributed by atoms with Gasteiger partial charge in [0.1, 0.15) is 0 Å². The molecule has 1 aromatic carbocycles. The average Bonchev–Trinajstić information content (AvgIpc) is 3.06. The molecule has 2 atom stereocenters. The number of hydrogen-bond acceptors (Lipinski definition) is 3. The van der Waals surface area contributed by atoms with Gasteiger partial charge in [-0.25, -0.2) is 0 Å². The van der Waals surface area contributed by atoms with Gasteiger partial charge in [-0.1, -0.05) is 43.2 Å². The van der Waals surface area contributed by atoms with Crippen LogP contribution in [0.1, 0.15) is 51.0 Å². The maximum absolute atomic E-state index is 11.9. The predicted molar refractivity (Wildman–Crippen MR) is 93.4 cm³/mol. The molecule has 1 aromatic rings. The van der Waals surface area contributed by atoms with Gasteiger partial charge < -0.3 is 15.7 Å². The van der Waals surface area contributed by atoms with E-state index >= 15 is 0 Å². The Balaban J connectivity index is 1.66. The molecule has 0 spiro atoms. The van der Waals surface area contributed by atoms with Crippen LogP contribution >= 0.6 is 0 Å². The first-order chi connectivity index (χ1) is 11.5. The Labute approximate surface area is 143 Å². The van der Waals surface area contributed by atoms with Crippen LogP contribution in [-0.4, -0.2) is 35.1 Å². The third-order valence-corrected chi connectivity index (χ3v) is 4.55. The van der Waals surface area contributed by atoms with Crippen molar-refractivity contribution in [2.45, 2.75) is 70.1 Å². The molecule has 0 aliphatic heterocycles. The summed E-state index contributed by atoms with van der Waals surface area (Å²) in [5.41, 5.74) is 1.03. The molecule has 0 saturated heterocycles. The van der Waals surface area contributed by atoms with Gasteiger partial charge in [-0.05, 0) is 25.3 Å². The lowest BCUT2D eigenvalue weighted by atomic mass is 10.0. The Morgan fingerprint density at radius 1 is 1.12 bits per heavy atom. The summed E-state index contributed by atoms with van der Waals surface area (Å²) in [6, 6.07) is 9.61. The molecule has 5 nitrogen and oxygen atoms in total. The molecule has 1 aliphatic carbocycles. The van der Waals surface area contributed by atoms with Gasteiger partial charge in [0.15, 0.2) is 0 Å². The molecule has 1 fully saturated rings. The van der Waals surface area contributed by atoms with Crippen LogP contribution < -0.4 is 10.6 Å². The summed E-state index contributed by atoms with van der Waals surface area (Å²) < 4.78 is 0. The molecule has 24 heavy (non-hydrogen) atoms. The summed E-state index contributed by atoms with van der Waals surface area (Å²) in [6.45, 7) is 1.78. The van der Waals surface area contributed by atoms with Crippen molar-refractivity contribution in [3.05, 3.63) is 35.9 Å². The van der Waals surface area contributed by atoms with Crippen LogP contribution in [0.5, 0.6) is 0 Å². The van der Waals surface area contributed by atoms with E-state index in [1.54, 1.807) is 6.92 Å². The fourth-order valence-corrected chi connectivity index (χ4v) is 3.05. The van der Waals surface area contributed by atoms with Gasteiger partial charge in [0.25, 0.3) is 0 Å². The smallest absolute Gasteiger partial charge is 0.220 e. The molecule has 3 N–H and O–H groups in total. The van der Waals surface area contributed by atoms with Crippen LogP contribution in [-0.2, 0) is 16.0 Å². The van der Waals surface area contributed by atoms with Crippen molar-refractivity contribution in [1.82, 2.24) is 10.6 Å². The third kappa shape index (κ3) is 6.32. The summed E-state index contributed by atoms with van der Waals surface area (Å²) in [4.78, 5) is 23.8. The van der Waals surface area contributed by atoms with E-state index < -0.39 is 6.10 Å². The average molecular weight is 332 g/mol. The molecule has 0 radical (unpaired) electrons. The fourth-order valence-electron chi connectivity index (χ4n) is 3.05. The second kappa shape index (κ2) is 9.42. The lowest BCUT2D eigenvalue weighted by Crippen LogP contribution is -2.42. The SMILES string of the molecule is CC(NC(=O)CCC(=O)NC1CCCC1)C(O)Cc1ccccc1. The highest BCUT2D eigenvalue weighted by atomic mass is 16.3. The van der Waals surface area contributed by atoms with Crippen LogP contribution in [0.4, 0.5) is 0 Å². The standard InChI is InChI=1S/C19H28N2O3/c1-14(17(22)13-15-7-3-2-4-8-15)20-18(23)11-12-19(24)21-16-9-5-6-10-16/h2-4,7-8,14,16-17,22H,5-6,9-13H2,1H3,(H,20,23)(H,21,24). The summed E-state index contributed by atoms with van der Waals surface area (Å²) in [5.74, 6) is -0.259. The van der Waals surface area contributed by atoms with Gasteiger partial charge in [-0.15, -0.1) is 0 Å². The molecule has 1 saturated carbocycles. The van der Waals surface area contributed by atoms with E-state index in [4.69, 9.17) is 0 Å². The summed E-state index contributed by atoms with van der Waals surface area (Å²) in [7, 11) is 0. The highest BCUT2D eigenvalue weighted by Crippen LogP contribution is 2.17. The highest BCUT2D eigenvalue weighted by Gasteiger charge is 2.19. The van der Waals surface area contributed by atoms with E-state index in [1.807, 2.05) is 30.3 Å². The number of rotatable bonds is 8. The van der Waals surface area contributed by atoms with E-state index in [-0.39, 0.29) is 36.7 Å². The molecule has 0 heterocycles. The van der Waals surface area contributed by atoms with Crippen molar-refractivity contribution in [2.75, 3.05) is 0 Å². The molecule has 2 amide bonds. The van der Waals surface area contributed by atoms with Crippen molar-refractivity contribution in [3.63, 3.8) is 0 Å². The molecule has 132 valence electrons. The Bertz CT molecular complexity index is 527. The third-order valence-electron chi connectivity index (χ3n) is 4.55. The molecule has 2 unspecified atom stereocenters. The van der Waals surface area contributed by atoms with Gasteiger partial charge in [0.05, 0.1) is 12.1 Å². The molecule has 0 aromatic heterocycles. The number of nitrogens with one attached hydrogen (secondary N) is 2. The summed E-state index contributed by atoms with van der Waals surface area (Å²) in [5, 5.41) is 15.9. The van der Waals surface area contributed by atoms with Gasteiger partial charge in [-0.2, -0.15) is 0 Å². The van der Waals surface area contributed by atoms with Crippen molar-refractivity contribution in [3.8, 4) is 0 Å². The van der Waals surface area contributed by atoms with E-state index in [1.165, 1.54) is 12.8 Å². The number of aliphatic hydroxyl groups excluding tert-OH is 1. The van der Waals surface area contributed by atoms with Gasteiger partial charge in [0, 0.05) is 25.3 Å². The topological polar surface area (TPSA) is 78.4 Å². The number of hydrogen-bond donors (Lipinski definition) is 3. The molecular weight excluding hydrogens is 304 g/mol. The Morgan fingerprint density at radius 2 is 1.75 bits per heavy atom. The van der Waals surface area contributed by atoms with Crippen molar-refractivity contribution < 1.29 is 14.7 Å². The molecule has 0 bridgehead atoms. The first kappa shape index (κ1) is 18.5. The maximum atomic E-state index is 11.9. The minimum absolute atomic E-state index is 0.0606. The van der Waals surface area contributed by atoms with Gasteiger partial charge in [0.2, 0.25) is 11.8 Å². The zero-order chi connectivity index (χ0) is 17.4. The lowest BCUT2D eigenvalue weighted by molar-refractivity contribution is -0.127. The van der Waals surface area contributed by atoms with Crippen LogP contribution in [0.3, 0.4) is 0 Å². The number of aliphatic hydroxyl groups is 1. The lowest BCUT2D eigenvalue weighted by Gasteiger charge is -2.20. The zero-order valence-corrected chi connectivity index (χ0v) is 14.3. The molecular formula is C19H28N2O3. The van der Waals surface area contributed by atoms with E-state index in [0.717, 1.165) is 18.4 Å². The highest BCUT2D eigenvalue weighted by molar-refractivity contribution is 5.84. The van der Waals surface area contributed by atoms with Crippen LogP contribution in [0.2, 0.25) is 0 Å². The minimum Gasteiger partial charge on any atom is -0.391 e. The molecule has 2 rings (SSSR count). The van der Waals surface area contributed by atoms with E-state index in [0.29, 0.717) is 6.42 Å². The largest absolute Gasteiger partial charge is 0.391 e. The van der Waals surface area contributed by atoms with E-state index in [2.05, 4.69) is 10.6 Å². The summed E-state index contributed by atoms with van der Waals surface area (Å²) in [6.07, 6.45) is 4.62. The second-order valence-corrected chi connectivity index (χ2v) is 6.66. The van der Waals surface area contributed by atoms with E-state index in [9.17, 15) is 14.7 Å². The Kier molecular flexibility index (Phi) is 7.25. The zero-order valence-electron chi connectivity index (χ0n) is 14.3. The van der Waals surface area contributed by atoms with Crippen LogP contribution in [0, 0.1) is 0 Å². The molecule has 1 aliphatic rings. The van der Waals surface area contributed by atoms with Crippen LogP contribution in [0.15, 0.2) is 30.3 Å². The quantitative estimate of drug-likeness (QED) is 0.681. The Hall–Kier alpha value is -1.88. The van der Waals surface area contributed by atoms with Crippen molar-refractivity contribution in [2.24, 2.45) is 0 Å².